The normalized spacial score (nSPS) is 21.3. The lowest BCUT2D eigenvalue weighted by Gasteiger charge is -2.30. The molecule has 1 heterocycles. The van der Waals surface area contributed by atoms with Gasteiger partial charge in [-0.2, -0.15) is 0 Å². The monoisotopic (exact) mass is 320 g/mol. The molecule has 1 amide bonds. The zero-order valence-corrected chi connectivity index (χ0v) is 14.3. The molecule has 0 aromatic heterocycles. The van der Waals surface area contributed by atoms with Gasteiger partial charge in [0.05, 0.1) is 6.79 Å². The van der Waals surface area contributed by atoms with E-state index in [9.17, 15) is 4.79 Å². The first-order chi connectivity index (χ1) is 11.5. The molecule has 1 aliphatic rings. The van der Waals surface area contributed by atoms with Crippen molar-refractivity contribution in [2.24, 2.45) is 5.41 Å². The molecule has 4 heteroatoms. The van der Waals surface area contributed by atoms with Crippen LogP contribution in [-0.4, -0.2) is 18.8 Å². The lowest BCUT2D eigenvalue weighted by molar-refractivity contribution is -0.204. The minimum Gasteiger partial charge on any atom is -0.350 e. The summed E-state index contributed by atoms with van der Waals surface area (Å²) in [5.41, 5.74) is 3.16. The van der Waals surface area contributed by atoms with Gasteiger partial charge in [-0.3, -0.25) is 4.79 Å². The minimum atomic E-state index is -0.534. The summed E-state index contributed by atoms with van der Waals surface area (Å²) in [6.07, 6.45) is 6.06. The molecule has 2 rings (SSSR count). The first-order valence-corrected chi connectivity index (χ1v) is 8.67. The van der Waals surface area contributed by atoms with E-state index in [-0.39, 0.29) is 12.2 Å². The van der Waals surface area contributed by atoms with Crippen molar-refractivity contribution in [3.05, 3.63) is 35.9 Å². The maximum absolute atomic E-state index is 12.8. The van der Waals surface area contributed by atoms with Gasteiger partial charge in [0.25, 0.3) is 0 Å². The van der Waals surface area contributed by atoms with Crippen LogP contribution < -0.4 is 5.48 Å². The summed E-state index contributed by atoms with van der Waals surface area (Å²) in [7, 11) is 0. The maximum Gasteiger partial charge on any atom is 0.249 e. The molecule has 1 aliphatic heterocycles. The molecule has 1 N–H and O–H groups in total. The van der Waals surface area contributed by atoms with E-state index < -0.39 is 5.41 Å². The Morgan fingerprint density at radius 2 is 2.26 bits per heavy atom. The molecule has 0 bridgehead atoms. The van der Waals surface area contributed by atoms with Crippen LogP contribution in [0.4, 0.5) is 0 Å². The van der Waals surface area contributed by atoms with Gasteiger partial charge in [-0.15, -0.1) is 0 Å². The number of hydroxylamine groups is 1. The summed E-state index contributed by atoms with van der Waals surface area (Å²) < 4.78 is 13.1. The predicted octanol–water partition coefficient (Wildman–Crippen LogP) is 4.00. The predicted molar refractivity (Wildman–Crippen MR) is 90.6 cm³/mol. The Morgan fingerprint density at radius 3 is 2.91 bits per heavy atom. The summed E-state index contributed by atoms with van der Waals surface area (Å²) in [6.45, 7) is 4.80. The van der Waals surface area contributed by atoms with Crippen LogP contribution in [0.15, 0.2) is 30.3 Å². The molecular weight excluding hydrogens is 290 g/mol. The standard InChI is InChI=1S/C19H29NO3/c1-3-4-13-19(2,15-16-10-6-5-7-11-16)18(21)20-23-17-12-8-9-14-22-17/h5-7,10-11,17H,3-4,8-9,12-15H2,1-2H3,(H,20,21)/i5D. The number of unbranched alkanes of at least 4 members (excludes halogenated alkanes) is 1. The number of carbonyl (C=O) groups is 1. The summed E-state index contributed by atoms with van der Waals surface area (Å²) in [6, 6.07) is 7.85. The third-order valence-corrected chi connectivity index (χ3v) is 4.43. The summed E-state index contributed by atoms with van der Waals surface area (Å²) >= 11 is 0. The van der Waals surface area contributed by atoms with E-state index in [4.69, 9.17) is 10.9 Å². The van der Waals surface area contributed by atoms with Gasteiger partial charge in [0.2, 0.25) is 5.91 Å². The number of hydrogen-bond donors (Lipinski definition) is 1. The van der Waals surface area contributed by atoms with E-state index in [1.165, 1.54) is 0 Å². The van der Waals surface area contributed by atoms with Crippen LogP contribution in [-0.2, 0) is 20.8 Å². The summed E-state index contributed by atoms with van der Waals surface area (Å²) in [5, 5.41) is 0. The Labute approximate surface area is 140 Å². The Bertz CT molecular complexity index is 514. The van der Waals surface area contributed by atoms with Crippen molar-refractivity contribution in [3.8, 4) is 0 Å². The van der Waals surface area contributed by atoms with E-state index >= 15 is 0 Å². The van der Waals surface area contributed by atoms with Crippen LogP contribution in [0.25, 0.3) is 0 Å². The number of ether oxygens (including phenoxy) is 1. The van der Waals surface area contributed by atoms with E-state index in [2.05, 4.69) is 12.4 Å². The molecular formula is C19H29NO3. The fraction of sp³-hybridized carbons (Fsp3) is 0.632. The topological polar surface area (TPSA) is 47.6 Å². The van der Waals surface area contributed by atoms with Crippen molar-refractivity contribution >= 4 is 5.91 Å². The van der Waals surface area contributed by atoms with Gasteiger partial charge < -0.3 is 4.74 Å². The van der Waals surface area contributed by atoms with Gasteiger partial charge in [0, 0.05) is 13.0 Å². The smallest absolute Gasteiger partial charge is 0.249 e. The van der Waals surface area contributed by atoms with Crippen molar-refractivity contribution in [1.29, 1.82) is 0 Å². The molecule has 4 nitrogen and oxygen atoms in total. The summed E-state index contributed by atoms with van der Waals surface area (Å²) in [5.74, 6) is -0.0972. The van der Waals surface area contributed by atoms with E-state index in [1.807, 2.05) is 19.1 Å². The highest BCUT2D eigenvalue weighted by molar-refractivity contribution is 5.81. The molecule has 0 aliphatic carbocycles. The van der Waals surface area contributed by atoms with Crippen LogP contribution in [0.2, 0.25) is 0 Å². The van der Waals surface area contributed by atoms with Crippen molar-refractivity contribution in [3.63, 3.8) is 0 Å². The van der Waals surface area contributed by atoms with Gasteiger partial charge in [0.15, 0.2) is 6.29 Å². The zero-order valence-electron chi connectivity index (χ0n) is 15.3. The Balaban J connectivity index is 1.98. The Hall–Kier alpha value is -1.39. The highest BCUT2D eigenvalue weighted by Gasteiger charge is 2.33. The van der Waals surface area contributed by atoms with Crippen LogP contribution in [0, 0.1) is 5.41 Å². The highest BCUT2D eigenvalue weighted by atomic mass is 16.8. The second-order valence-corrected chi connectivity index (χ2v) is 6.59. The second-order valence-electron chi connectivity index (χ2n) is 6.59. The van der Waals surface area contributed by atoms with Crippen LogP contribution >= 0.6 is 0 Å². The zero-order chi connectivity index (χ0) is 17.4. The third kappa shape index (κ3) is 5.63. The first-order valence-electron chi connectivity index (χ1n) is 9.17. The minimum absolute atomic E-state index is 0.0972. The second kappa shape index (κ2) is 9.04. The molecule has 2 atom stereocenters. The van der Waals surface area contributed by atoms with E-state index in [0.717, 1.165) is 44.1 Å². The molecule has 1 aromatic carbocycles. The number of hydrogen-bond acceptors (Lipinski definition) is 3. The number of carbonyl (C=O) groups excluding carboxylic acids is 1. The van der Waals surface area contributed by atoms with Gasteiger partial charge in [-0.25, -0.2) is 10.3 Å². The molecule has 2 unspecified atom stereocenters. The lowest BCUT2D eigenvalue weighted by atomic mass is 9.78. The fourth-order valence-corrected chi connectivity index (χ4v) is 2.89. The third-order valence-electron chi connectivity index (χ3n) is 4.43. The van der Waals surface area contributed by atoms with Crippen LogP contribution in [0.3, 0.4) is 0 Å². The number of rotatable bonds is 8. The molecule has 1 fully saturated rings. The fourth-order valence-electron chi connectivity index (χ4n) is 2.89. The number of nitrogens with one attached hydrogen (secondary N) is 1. The van der Waals surface area contributed by atoms with Crippen LogP contribution in [0.5, 0.6) is 0 Å². The van der Waals surface area contributed by atoms with Gasteiger partial charge >= 0.3 is 0 Å². The first kappa shape index (κ1) is 16.5. The summed E-state index contributed by atoms with van der Waals surface area (Å²) in [4.78, 5) is 18.2. The Kier molecular flexibility index (Phi) is 6.47. The highest BCUT2D eigenvalue weighted by Crippen LogP contribution is 2.29. The van der Waals surface area contributed by atoms with E-state index in [1.54, 1.807) is 12.1 Å². The van der Waals surface area contributed by atoms with Crippen molar-refractivity contribution in [2.75, 3.05) is 6.61 Å². The molecule has 0 spiro atoms. The van der Waals surface area contributed by atoms with Crippen molar-refractivity contribution in [1.82, 2.24) is 5.48 Å². The number of amides is 1. The average molecular weight is 320 g/mol. The lowest BCUT2D eigenvalue weighted by Crippen LogP contribution is -2.43. The van der Waals surface area contributed by atoms with Crippen LogP contribution in [0.1, 0.15) is 59.3 Å². The van der Waals surface area contributed by atoms with Gasteiger partial charge in [-0.1, -0.05) is 57.0 Å². The molecule has 0 saturated carbocycles. The molecule has 1 aromatic rings. The SMILES string of the molecule is [2H]c1ccc(CC(C)(CCCC)C(=O)NOC2CCCCO2)cc1. The molecule has 23 heavy (non-hydrogen) atoms. The molecule has 128 valence electrons. The quantitative estimate of drug-likeness (QED) is 0.737. The van der Waals surface area contributed by atoms with Crippen molar-refractivity contribution < 1.29 is 15.7 Å². The molecule has 1 saturated heterocycles. The number of benzene rings is 1. The largest absolute Gasteiger partial charge is 0.350 e. The maximum atomic E-state index is 12.8. The average Bonchev–Trinajstić information content (AvgIpc) is 2.61. The van der Waals surface area contributed by atoms with E-state index in [0.29, 0.717) is 19.1 Å². The van der Waals surface area contributed by atoms with Gasteiger partial charge in [0.1, 0.15) is 0 Å². The van der Waals surface area contributed by atoms with Gasteiger partial charge in [-0.05, 0) is 31.2 Å². The molecule has 0 radical (unpaired) electrons. The van der Waals surface area contributed by atoms with Crippen molar-refractivity contribution in [2.45, 2.75) is 65.1 Å². The Morgan fingerprint density at radius 1 is 1.48 bits per heavy atom.